The van der Waals surface area contributed by atoms with Crippen molar-refractivity contribution in [1.82, 2.24) is 19.9 Å². The van der Waals surface area contributed by atoms with E-state index in [1.807, 2.05) is 6.07 Å². The van der Waals surface area contributed by atoms with Crippen molar-refractivity contribution in [3.63, 3.8) is 0 Å². The van der Waals surface area contributed by atoms with E-state index >= 15 is 0 Å². The molecule has 3 heterocycles. The van der Waals surface area contributed by atoms with Crippen LogP contribution < -0.4 is 4.90 Å². The predicted molar refractivity (Wildman–Crippen MR) is 97.5 cm³/mol. The summed E-state index contributed by atoms with van der Waals surface area (Å²) in [5, 5.41) is 16.0. The van der Waals surface area contributed by atoms with Gasteiger partial charge >= 0.3 is 0 Å². The second kappa shape index (κ2) is 8.49. The third kappa shape index (κ3) is 4.73. The molecular formula is C18H19F2N7. The molecule has 2 N–H and O–H groups in total. The minimum atomic E-state index is -2.81. The zero-order chi connectivity index (χ0) is 19.2. The van der Waals surface area contributed by atoms with Crippen LogP contribution in [0.5, 0.6) is 0 Å². The molecule has 27 heavy (non-hydrogen) atoms. The fourth-order valence-corrected chi connectivity index (χ4v) is 3.03. The van der Waals surface area contributed by atoms with Crippen molar-refractivity contribution in [2.45, 2.75) is 25.7 Å². The zero-order valence-corrected chi connectivity index (χ0v) is 14.6. The molecule has 0 radical (unpaired) electrons. The molecule has 2 aromatic rings. The van der Waals surface area contributed by atoms with E-state index < -0.39 is 12.1 Å². The number of H-pyrrole nitrogens is 1. The van der Waals surface area contributed by atoms with E-state index in [1.54, 1.807) is 6.20 Å². The first-order valence-electron chi connectivity index (χ1n) is 8.61. The van der Waals surface area contributed by atoms with Crippen molar-refractivity contribution in [3.8, 4) is 17.5 Å². The van der Waals surface area contributed by atoms with Crippen LogP contribution in [-0.2, 0) is 0 Å². The maximum atomic E-state index is 12.4. The molecule has 1 unspecified atom stereocenters. The average molecular weight is 371 g/mol. The Bertz CT molecular complexity index is 869. The van der Waals surface area contributed by atoms with E-state index in [0.29, 0.717) is 29.6 Å². The number of allylic oxidation sites excluding steroid dienone is 1. The Morgan fingerprint density at radius 1 is 1.44 bits per heavy atom. The summed E-state index contributed by atoms with van der Waals surface area (Å²) in [7, 11) is 0. The fraction of sp³-hybridized carbons (Fsp3) is 0.389. The molecule has 0 aromatic carbocycles. The van der Waals surface area contributed by atoms with Gasteiger partial charge in [-0.3, -0.25) is 5.41 Å². The zero-order valence-electron chi connectivity index (χ0n) is 14.6. The SMILES string of the molecule is N#CCC1CCCN(c2cc(-c3cnc(/C=C\C(=N)C(F)F)[nH]3)ncn2)C1. The van der Waals surface area contributed by atoms with Gasteiger partial charge in [0, 0.05) is 25.6 Å². The number of alkyl halides is 2. The van der Waals surface area contributed by atoms with Gasteiger partial charge in [0.2, 0.25) is 0 Å². The smallest absolute Gasteiger partial charge is 0.279 e. The van der Waals surface area contributed by atoms with Gasteiger partial charge in [-0.1, -0.05) is 0 Å². The van der Waals surface area contributed by atoms with Gasteiger partial charge in [0.15, 0.2) is 0 Å². The maximum absolute atomic E-state index is 12.4. The highest BCUT2D eigenvalue weighted by Gasteiger charge is 2.21. The van der Waals surface area contributed by atoms with Crippen molar-refractivity contribution in [2.75, 3.05) is 18.0 Å². The molecule has 140 valence electrons. The number of nitriles is 1. The Hall–Kier alpha value is -3.15. The van der Waals surface area contributed by atoms with Gasteiger partial charge in [0.25, 0.3) is 6.43 Å². The van der Waals surface area contributed by atoms with Gasteiger partial charge < -0.3 is 9.88 Å². The molecule has 2 aromatic heterocycles. The van der Waals surface area contributed by atoms with Gasteiger partial charge in [-0.25, -0.2) is 23.7 Å². The Labute approximate surface area is 155 Å². The summed E-state index contributed by atoms with van der Waals surface area (Å²) in [6, 6.07) is 4.08. The van der Waals surface area contributed by atoms with Crippen LogP contribution in [0.1, 0.15) is 25.1 Å². The second-order valence-corrected chi connectivity index (χ2v) is 6.35. The molecule has 1 aliphatic rings. The first kappa shape index (κ1) is 18.6. The van der Waals surface area contributed by atoms with E-state index in [4.69, 9.17) is 10.7 Å². The van der Waals surface area contributed by atoms with E-state index in [9.17, 15) is 8.78 Å². The van der Waals surface area contributed by atoms with Crippen molar-refractivity contribution in [1.29, 1.82) is 10.7 Å². The molecule has 9 heteroatoms. The number of rotatable bonds is 6. The number of aromatic amines is 1. The summed E-state index contributed by atoms with van der Waals surface area (Å²) in [6.07, 6.45) is 5.17. The van der Waals surface area contributed by atoms with Gasteiger partial charge in [-0.2, -0.15) is 5.26 Å². The summed E-state index contributed by atoms with van der Waals surface area (Å²) in [5.41, 5.74) is 0.500. The molecule has 1 fully saturated rings. The Balaban J connectivity index is 1.74. The van der Waals surface area contributed by atoms with Gasteiger partial charge in [-0.15, -0.1) is 0 Å². The lowest BCUT2D eigenvalue weighted by atomic mass is 9.95. The third-order valence-corrected chi connectivity index (χ3v) is 4.40. The van der Waals surface area contributed by atoms with Crippen molar-refractivity contribution in [3.05, 3.63) is 30.5 Å². The lowest BCUT2D eigenvalue weighted by molar-refractivity contribution is 0.226. The molecule has 1 atom stereocenters. The van der Waals surface area contributed by atoms with E-state index in [2.05, 4.69) is 30.9 Å². The Morgan fingerprint density at radius 3 is 3.07 bits per heavy atom. The lowest BCUT2D eigenvalue weighted by Crippen LogP contribution is -2.35. The highest BCUT2D eigenvalue weighted by atomic mass is 19.3. The normalized spacial score (nSPS) is 17.4. The van der Waals surface area contributed by atoms with E-state index in [-0.39, 0.29) is 0 Å². The highest BCUT2D eigenvalue weighted by molar-refractivity contribution is 5.97. The summed E-state index contributed by atoms with van der Waals surface area (Å²) < 4.78 is 24.7. The summed E-state index contributed by atoms with van der Waals surface area (Å²) in [5.74, 6) is 1.49. The predicted octanol–water partition coefficient (Wildman–Crippen LogP) is 3.29. The lowest BCUT2D eigenvalue weighted by Gasteiger charge is -2.32. The molecule has 3 rings (SSSR count). The number of piperidine rings is 1. The molecular weight excluding hydrogens is 352 g/mol. The van der Waals surface area contributed by atoms with Crippen molar-refractivity contribution in [2.24, 2.45) is 5.92 Å². The van der Waals surface area contributed by atoms with Crippen molar-refractivity contribution >= 4 is 17.6 Å². The van der Waals surface area contributed by atoms with Gasteiger partial charge in [0.1, 0.15) is 18.0 Å². The number of nitrogens with zero attached hydrogens (tertiary/aromatic N) is 5. The van der Waals surface area contributed by atoms with E-state index in [1.165, 1.54) is 12.4 Å². The quantitative estimate of drug-likeness (QED) is 0.758. The minimum Gasteiger partial charge on any atom is -0.356 e. The molecule has 0 spiro atoms. The molecule has 0 saturated carbocycles. The molecule has 1 aliphatic heterocycles. The standard InChI is InChI=1S/C18H19F2N7/c19-18(20)13(22)3-4-16-23-9-15(26-16)14-8-17(25-11-24-14)27-7-1-2-12(10-27)5-6-21/h3-4,8-9,11-12,18,22H,1-2,5,7,10H2,(H,23,26)/b4-3-,22-13?. The van der Waals surface area contributed by atoms with Crippen LogP contribution in [0.3, 0.4) is 0 Å². The number of halogens is 2. The van der Waals surface area contributed by atoms with Crippen molar-refractivity contribution < 1.29 is 8.78 Å². The average Bonchev–Trinajstić information content (AvgIpc) is 3.16. The highest BCUT2D eigenvalue weighted by Crippen LogP contribution is 2.25. The number of imidazole rings is 1. The third-order valence-electron chi connectivity index (χ3n) is 4.40. The first-order chi connectivity index (χ1) is 13.1. The molecule has 0 amide bonds. The number of aromatic nitrogens is 4. The first-order valence-corrected chi connectivity index (χ1v) is 8.61. The topological polar surface area (TPSA) is 105 Å². The summed E-state index contributed by atoms with van der Waals surface area (Å²) >= 11 is 0. The minimum absolute atomic E-state index is 0.344. The molecule has 7 nitrogen and oxygen atoms in total. The number of hydrogen-bond acceptors (Lipinski definition) is 6. The number of nitrogens with one attached hydrogen (secondary N) is 2. The van der Waals surface area contributed by atoms with Gasteiger partial charge in [0.05, 0.1) is 29.4 Å². The largest absolute Gasteiger partial charge is 0.356 e. The second-order valence-electron chi connectivity index (χ2n) is 6.35. The Morgan fingerprint density at radius 2 is 2.30 bits per heavy atom. The van der Waals surface area contributed by atoms with Crippen LogP contribution in [0.15, 0.2) is 24.7 Å². The monoisotopic (exact) mass is 371 g/mol. The molecule has 0 bridgehead atoms. The van der Waals surface area contributed by atoms with Crippen LogP contribution in [0.2, 0.25) is 0 Å². The molecule has 1 saturated heterocycles. The van der Waals surface area contributed by atoms with Crippen LogP contribution >= 0.6 is 0 Å². The Kier molecular flexibility index (Phi) is 5.86. The maximum Gasteiger partial charge on any atom is 0.279 e. The van der Waals surface area contributed by atoms with Gasteiger partial charge in [-0.05, 0) is 30.9 Å². The van der Waals surface area contributed by atoms with Crippen LogP contribution in [-0.4, -0.2) is 45.2 Å². The summed E-state index contributed by atoms with van der Waals surface area (Å²) in [6.45, 7) is 1.67. The van der Waals surface area contributed by atoms with Crippen LogP contribution in [0.25, 0.3) is 17.5 Å². The molecule has 0 aliphatic carbocycles. The van der Waals surface area contributed by atoms with Crippen LogP contribution in [0.4, 0.5) is 14.6 Å². The summed E-state index contributed by atoms with van der Waals surface area (Å²) in [4.78, 5) is 17.8. The van der Waals surface area contributed by atoms with Crippen LogP contribution in [0, 0.1) is 22.7 Å². The number of hydrogen-bond donors (Lipinski definition) is 2. The van der Waals surface area contributed by atoms with E-state index in [0.717, 1.165) is 37.8 Å². The fourth-order valence-electron chi connectivity index (χ4n) is 3.03. The number of anilines is 1.